The van der Waals surface area contributed by atoms with Crippen molar-refractivity contribution in [2.75, 3.05) is 5.32 Å². The van der Waals surface area contributed by atoms with Crippen molar-refractivity contribution < 1.29 is 22.4 Å². The highest BCUT2D eigenvalue weighted by atomic mass is 35.5. The number of nitrogens with zero attached hydrogens (tertiary/aromatic N) is 1. The number of aryl methyl sites for hydroxylation is 2. The Bertz CT molecular complexity index is 980. The summed E-state index contributed by atoms with van der Waals surface area (Å²) in [4.78, 5) is 15.5. The first-order valence-corrected chi connectivity index (χ1v) is 7.59. The van der Waals surface area contributed by atoms with Gasteiger partial charge in [-0.25, -0.2) is 4.98 Å². The molecule has 1 amide bonds. The molecule has 0 fully saturated rings. The van der Waals surface area contributed by atoms with Crippen LogP contribution in [0.3, 0.4) is 0 Å². The molecule has 1 aromatic heterocycles. The Kier molecular flexibility index (Phi) is 4.20. The molecule has 4 nitrogen and oxygen atoms in total. The Morgan fingerprint density at radius 1 is 1.20 bits per heavy atom. The molecule has 8 heteroatoms. The minimum atomic E-state index is -5.01. The van der Waals surface area contributed by atoms with Gasteiger partial charge in [-0.15, -0.1) is 0 Å². The van der Waals surface area contributed by atoms with Gasteiger partial charge in [0.25, 0.3) is 0 Å². The summed E-state index contributed by atoms with van der Waals surface area (Å²) < 4.78 is 43.0. The topological polar surface area (TPSA) is 55.1 Å². The fourth-order valence-corrected chi connectivity index (χ4v) is 2.61. The molecule has 1 heterocycles. The number of alkyl halides is 3. The number of fused-ring (bicyclic) bond motifs is 1. The molecule has 2 aromatic carbocycles. The molecule has 0 saturated carbocycles. The van der Waals surface area contributed by atoms with Gasteiger partial charge in [-0.1, -0.05) is 17.7 Å². The molecule has 0 aliphatic carbocycles. The van der Waals surface area contributed by atoms with Crippen LogP contribution in [0.25, 0.3) is 22.6 Å². The van der Waals surface area contributed by atoms with Crippen LogP contribution < -0.4 is 5.32 Å². The molecule has 0 atom stereocenters. The minimum absolute atomic E-state index is 0.0236. The van der Waals surface area contributed by atoms with E-state index < -0.39 is 12.1 Å². The molecule has 3 aromatic rings. The second-order valence-electron chi connectivity index (χ2n) is 5.60. The summed E-state index contributed by atoms with van der Waals surface area (Å²) in [5, 5.41) is 1.73. The minimum Gasteiger partial charge on any atom is -0.436 e. The van der Waals surface area contributed by atoms with E-state index in [0.29, 0.717) is 16.7 Å². The maximum atomic E-state index is 12.4. The number of carbonyl (C=O) groups is 1. The molecule has 0 unspecified atom stereocenters. The van der Waals surface area contributed by atoms with Crippen molar-refractivity contribution in [1.29, 1.82) is 0 Å². The SMILES string of the molecule is Cc1cc(C)c2oc(-c3ccc(Cl)c(NC(=O)C(F)(F)F)c3)nc2c1. The summed E-state index contributed by atoms with van der Waals surface area (Å²) in [6.07, 6.45) is -5.01. The molecule has 1 N–H and O–H groups in total. The van der Waals surface area contributed by atoms with Crippen molar-refractivity contribution in [3.63, 3.8) is 0 Å². The molecular formula is C17H12ClF3N2O2. The van der Waals surface area contributed by atoms with E-state index in [1.54, 1.807) is 11.4 Å². The normalized spacial score (nSPS) is 11.8. The van der Waals surface area contributed by atoms with Crippen LogP contribution in [0.1, 0.15) is 11.1 Å². The number of carbonyl (C=O) groups excluding carboxylic acids is 1. The van der Waals surface area contributed by atoms with Crippen molar-refractivity contribution in [2.24, 2.45) is 0 Å². The second kappa shape index (κ2) is 6.07. The molecule has 130 valence electrons. The van der Waals surface area contributed by atoms with Crippen LogP contribution in [0.2, 0.25) is 5.02 Å². The Balaban J connectivity index is 2.02. The maximum Gasteiger partial charge on any atom is 0.471 e. The zero-order valence-corrected chi connectivity index (χ0v) is 13.9. The van der Waals surface area contributed by atoms with Gasteiger partial charge in [-0.2, -0.15) is 13.2 Å². The van der Waals surface area contributed by atoms with Gasteiger partial charge in [-0.3, -0.25) is 4.79 Å². The number of oxazole rings is 1. The third-order valence-electron chi connectivity index (χ3n) is 3.54. The lowest BCUT2D eigenvalue weighted by atomic mass is 10.1. The van der Waals surface area contributed by atoms with Gasteiger partial charge in [-0.05, 0) is 49.2 Å². The fourth-order valence-electron chi connectivity index (χ4n) is 2.45. The lowest BCUT2D eigenvalue weighted by molar-refractivity contribution is -0.167. The number of amides is 1. The zero-order chi connectivity index (χ0) is 18.4. The summed E-state index contributed by atoms with van der Waals surface area (Å²) in [7, 11) is 0. The van der Waals surface area contributed by atoms with E-state index >= 15 is 0 Å². The first-order valence-electron chi connectivity index (χ1n) is 7.21. The number of rotatable bonds is 2. The van der Waals surface area contributed by atoms with Crippen LogP contribution in [0, 0.1) is 13.8 Å². The van der Waals surface area contributed by atoms with Crippen molar-refractivity contribution in [3.05, 3.63) is 46.5 Å². The molecule has 0 aliphatic heterocycles. The van der Waals surface area contributed by atoms with E-state index in [9.17, 15) is 18.0 Å². The monoisotopic (exact) mass is 368 g/mol. The summed E-state index contributed by atoms with van der Waals surface area (Å²) in [6, 6.07) is 8.00. The van der Waals surface area contributed by atoms with Crippen molar-refractivity contribution in [1.82, 2.24) is 4.98 Å². The third kappa shape index (κ3) is 3.46. The standard InChI is InChI=1S/C17H12ClF3N2O2/c1-8-5-9(2)14-13(6-8)22-15(25-14)10-3-4-11(18)12(7-10)23-16(24)17(19,20)21/h3-7H,1-2H3,(H,23,24). The van der Waals surface area contributed by atoms with E-state index in [-0.39, 0.29) is 16.6 Å². The number of hydrogen-bond acceptors (Lipinski definition) is 3. The first kappa shape index (κ1) is 17.3. The Morgan fingerprint density at radius 2 is 1.92 bits per heavy atom. The van der Waals surface area contributed by atoms with Crippen LogP contribution in [-0.4, -0.2) is 17.1 Å². The molecule has 25 heavy (non-hydrogen) atoms. The van der Waals surface area contributed by atoms with E-state index in [0.717, 1.165) is 11.1 Å². The Morgan fingerprint density at radius 3 is 2.60 bits per heavy atom. The highest BCUT2D eigenvalue weighted by molar-refractivity contribution is 6.33. The number of benzene rings is 2. The third-order valence-corrected chi connectivity index (χ3v) is 3.87. The van der Waals surface area contributed by atoms with Gasteiger partial charge < -0.3 is 9.73 Å². The second-order valence-corrected chi connectivity index (χ2v) is 6.00. The lowest BCUT2D eigenvalue weighted by Gasteiger charge is -2.10. The molecule has 0 saturated heterocycles. The smallest absolute Gasteiger partial charge is 0.436 e. The van der Waals surface area contributed by atoms with Gasteiger partial charge in [0, 0.05) is 5.56 Å². The molecule has 0 radical (unpaired) electrons. The van der Waals surface area contributed by atoms with Gasteiger partial charge in [0.2, 0.25) is 5.89 Å². The molecule has 0 spiro atoms. The molecule has 3 rings (SSSR count). The summed E-state index contributed by atoms with van der Waals surface area (Å²) in [5.41, 5.74) is 3.37. The van der Waals surface area contributed by atoms with Crippen LogP contribution in [0.15, 0.2) is 34.7 Å². The molecular weight excluding hydrogens is 357 g/mol. The maximum absolute atomic E-state index is 12.4. The summed E-state index contributed by atoms with van der Waals surface area (Å²) in [5.74, 6) is -1.88. The van der Waals surface area contributed by atoms with Crippen LogP contribution in [-0.2, 0) is 4.79 Å². The largest absolute Gasteiger partial charge is 0.471 e. The number of hydrogen-bond donors (Lipinski definition) is 1. The predicted molar refractivity (Wildman–Crippen MR) is 88.6 cm³/mol. The average molecular weight is 369 g/mol. The summed E-state index contributed by atoms with van der Waals surface area (Å²) in [6.45, 7) is 3.80. The Hall–Kier alpha value is -2.54. The van der Waals surface area contributed by atoms with E-state index in [1.807, 2.05) is 26.0 Å². The van der Waals surface area contributed by atoms with Gasteiger partial charge in [0.05, 0.1) is 10.7 Å². The zero-order valence-electron chi connectivity index (χ0n) is 13.2. The fraction of sp³-hybridized carbons (Fsp3) is 0.176. The van der Waals surface area contributed by atoms with Crippen LogP contribution >= 0.6 is 11.6 Å². The van der Waals surface area contributed by atoms with E-state index in [4.69, 9.17) is 16.0 Å². The number of anilines is 1. The highest BCUT2D eigenvalue weighted by Gasteiger charge is 2.39. The molecule has 0 bridgehead atoms. The number of aromatic nitrogens is 1. The lowest BCUT2D eigenvalue weighted by Crippen LogP contribution is -2.30. The average Bonchev–Trinajstić information content (AvgIpc) is 2.92. The van der Waals surface area contributed by atoms with E-state index in [2.05, 4.69) is 4.98 Å². The number of nitrogens with one attached hydrogen (secondary N) is 1. The Labute approximate surface area is 145 Å². The summed E-state index contributed by atoms with van der Waals surface area (Å²) >= 11 is 5.87. The first-order chi connectivity index (χ1) is 11.6. The predicted octanol–water partition coefficient (Wildman–Crippen LogP) is 5.27. The van der Waals surface area contributed by atoms with Crippen LogP contribution in [0.4, 0.5) is 18.9 Å². The highest BCUT2D eigenvalue weighted by Crippen LogP contribution is 2.32. The van der Waals surface area contributed by atoms with Crippen molar-refractivity contribution >= 4 is 34.3 Å². The van der Waals surface area contributed by atoms with Crippen molar-refractivity contribution in [3.8, 4) is 11.5 Å². The van der Waals surface area contributed by atoms with Gasteiger partial charge >= 0.3 is 12.1 Å². The van der Waals surface area contributed by atoms with Crippen molar-refractivity contribution in [2.45, 2.75) is 20.0 Å². The number of halogens is 4. The van der Waals surface area contributed by atoms with Gasteiger partial charge in [0.15, 0.2) is 5.58 Å². The molecule has 0 aliphatic rings. The van der Waals surface area contributed by atoms with Crippen LogP contribution in [0.5, 0.6) is 0 Å². The van der Waals surface area contributed by atoms with E-state index in [1.165, 1.54) is 12.1 Å². The van der Waals surface area contributed by atoms with Gasteiger partial charge in [0.1, 0.15) is 5.52 Å². The quantitative estimate of drug-likeness (QED) is 0.670.